The van der Waals surface area contributed by atoms with E-state index in [9.17, 15) is 0 Å². The molecule has 4 heteroatoms. The SMILES string of the molecule is CNc1nc(C)cc(-c2cccc([C@@H](C)N3CCCC3)c2)n1. The number of rotatable bonds is 4. The first-order valence-corrected chi connectivity index (χ1v) is 8.05. The Labute approximate surface area is 132 Å². The van der Waals surface area contributed by atoms with Gasteiger partial charge in [0.05, 0.1) is 5.69 Å². The van der Waals surface area contributed by atoms with E-state index in [4.69, 9.17) is 0 Å². The molecule has 0 aliphatic carbocycles. The average molecular weight is 296 g/mol. The topological polar surface area (TPSA) is 41.1 Å². The number of aryl methyl sites for hydroxylation is 1. The van der Waals surface area contributed by atoms with E-state index in [-0.39, 0.29) is 0 Å². The summed E-state index contributed by atoms with van der Waals surface area (Å²) in [5, 5.41) is 3.03. The van der Waals surface area contributed by atoms with Crippen molar-refractivity contribution in [1.29, 1.82) is 0 Å². The zero-order chi connectivity index (χ0) is 15.5. The lowest BCUT2D eigenvalue weighted by atomic mass is 10.0. The Morgan fingerprint density at radius 2 is 1.91 bits per heavy atom. The van der Waals surface area contributed by atoms with Crippen LogP contribution in [-0.2, 0) is 0 Å². The highest BCUT2D eigenvalue weighted by molar-refractivity contribution is 5.62. The molecule has 22 heavy (non-hydrogen) atoms. The second kappa shape index (κ2) is 6.44. The molecule has 2 aromatic rings. The highest BCUT2D eigenvalue weighted by atomic mass is 15.2. The molecule has 1 atom stereocenters. The van der Waals surface area contributed by atoms with Crippen molar-refractivity contribution >= 4 is 5.95 Å². The van der Waals surface area contributed by atoms with E-state index in [1.54, 1.807) is 0 Å². The van der Waals surface area contributed by atoms with Crippen LogP contribution in [0.3, 0.4) is 0 Å². The van der Waals surface area contributed by atoms with E-state index < -0.39 is 0 Å². The molecule has 1 aromatic carbocycles. The predicted octanol–water partition coefficient (Wildman–Crippen LogP) is 3.65. The van der Waals surface area contributed by atoms with Crippen molar-refractivity contribution in [1.82, 2.24) is 14.9 Å². The summed E-state index contributed by atoms with van der Waals surface area (Å²) in [4.78, 5) is 11.5. The second-order valence-electron chi connectivity index (χ2n) is 6.01. The Morgan fingerprint density at radius 1 is 1.14 bits per heavy atom. The molecule has 1 fully saturated rings. The maximum atomic E-state index is 4.58. The van der Waals surface area contributed by atoms with Crippen LogP contribution in [0.4, 0.5) is 5.95 Å². The van der Waals surface area contributed by atoms with Crippen molar-refractivity contribution < 1.29 is 0 Å². The molecule has 0 unspecified atom stereocenters. The summed E-state index contributed by atoms with van der Waals surface area (Å²) in [6, 6.07) is 11.3. The van der Waals surface area contributed by atoms with Gasteiger partial charge in [-0.25, -0.2) is 9.97 Å². The van der Waals surface area contributed by atoms with Crippen molar-refractivity contribution in [2.24, 2.45) is 0 Å². The predicted molar refractivity (Wildman–Crippen MR) is 91.0 cm³/mol. The van der Waals surface area contributed by atoms with Gasteiger partial charge in [-0.05, 0) is 57.5 Å². The van der Waals surface area contributed by atoms with Gasteiger partial charge in [-0.3, -0.25) is 4.90 Å². The van der Waals surface area contributed by atoms with Crippen LogP contribution in [0.15, 0.2) is 30.3 Å². The summed E-state index contributed by atoms with van der Waals surface area (Å²) in [6.45, 7) is 6.72. The Morgan fingerprint density at radius 3 is 2.64 bits per heavy atom. The highest BCUT2D eigenvalue weighted by Crippen LogP contribution is 2.28. The van der Waals surface area contributed by atoms with Gasteiger partial charge < -0.3 is 5.32 Å². The molecule has 3 rings (SSSR count). The number of aromatic nitrogens is 2. The van der Waals surface area contributed by atoms with E-state index in [0.717, 1.165) is 17.0 Å². The number of hydrogen-bond acceptors (Lipinski definition) is 4. The number of likely N-dealkylation sites (tertiary alicyclic amines) is 1. The van der Waals surface area contributed by atoms with Gasteiger partial charge in [-0.1, -0.05) is 18.2 Å². The molecule has 0 saturated carbocycles. The molecule has 2 heterocycles. The van der Waals surface area contributed by atoms with Crippen LogP contribution in [0.1, 0.15) is 37.1 Å². The summed E-state index contributed by atoms with van der Waals surface area (Å²) in [5.41, 5.74) is 4.48. The fourth-order valence-corrected chi connectivity index (χ4v) is 3.13. The van der Waals surface area contributed by atoms with Crippen LogP contribution in [0.25, 0.3) is 11.3 Å². The summed E-state index contributed by atoms with van der Waals surface area (Å²) in [6.07, 6.45) is 2.64. The maximum Gasteiger partial charge on any atom is 0.223 e. The van der Waals surface area contributed by atoms with Gasteiger partial charge in [0, 0.05) is 24.3 Å². The minimum absolute atomic E-state index is 0.467. The number of benzene rings is 1. The van der Waals surface area contributed by atoms with Crippen LogP contribution in [-0.4, -0.2) is 35.0 Å². The molecule has 0 bridgehead atoms. The fraction of sp³-hybridized carbons (Fsp3) is 0.444. The first kappa shape index (κ1) is 15.0. The smallest absolute Gasteiger partial charge is 0.223 e. The molecule has 0 amide bonds. The third-order valence-corrected chi connectivity index (χ3v) is 4.43. The Balaban J connectivity index is 1.92. The van der Waals surface area contributed by atoms with E-state index in [0.29, 0.717) is 12.0 Å². The summed E-state index contributed by atoms with van der Waals surface area (Å²) < 4.78 is 0. The van der Waals surface area contributed by atoms with E-state index in [2.05, 4.69) is 51.4 Å². The maximum absolute atomic E-state index is 4.58. The normalized spacial score (nSPS) is 16.7. The van der Waals surface area contributed by atoms with Crippen LogP contribution < -0.4 is 5.32 Å². The van der Waals surface area contributed by atoms with Gasteiger partial charge in [0.2, 0.25) is 5.95 Å². The molecular formula is C18H24N4. The molecule has 0 spiro atoms. The van der Waals surface area contributed by atoms with Crippen LogP contribution in [0, 0.1) is 6.92 Å². The second-order valence-corrected chi connectivity index (χ2v) is 6.01. The fourth-order valence-electron chi connectivity index (χ4n) is 3.13. The standard InChI is InChI=1S/C18H24N4/c1-13-11-17(21-18(19-3)20-13)16-8-6-7-15(12-16)14(2)22-9-4-5-10-22/h6-8,11-12,14H,4-5,9-10H2,1-3H3,(H,19,20,21)/t14-/m1/s1. The minimum atomic E-state index is 0.467. The zero-order valence-electron chi connectivity index (χ0n) is 13.6. The molecule has 4 nitrogen and oxygen atoms in total. The van der Waals surface area contributed by atoms with E-state index in [1.165, 1.54) is 31.5 Å². The molecule has 0 radical (unpaired) electrons. The molecule has 1 saturated heterocycles. The Bertz CT molecular complexity index is 647. The van der Waals surface area contributed by atoms with Gasteiger partial charge in [-0.2, -0.15) is 0 Å². The molecule has 1 aliphatic rings. The number of hydrogen-bond donors (Lipinski definition) is 1. The quantitative estimate of drug-likeness (QED) is 0.935. The van der Waals surface area contributed by atoms with Gasteiger partial charge in [0.1, 0.15) is 0 Å². The van der Waals surface area contributed by atoms with Crippen molar-refractivity contribution in [2.75, 3.05) is 25.5 Å². The van der Waals surface area contributed by atoms with Crippen molar-refractivity contribution in [2.45, 2.75) is 32.7 Å². The Kier molecular flexibility index (Phi) is 4.39. The van der Waals surface area contributed by atoms with Gasteiger partial charge in [-0.15, -0.1) is 0 Å². The first-order chi connectivity index (χ1) is 10.7. The van der Waals surface area contributed by atoms with Gasteiger partial charge in [0.25, 0.3) is 0 Å². The van der Waals surface area contributed by atoms with Crippen molar-refractivity contribution in [3.63, 3.8) is 0 Å². The third kappa shape index (κ3) is 3.12. The largest absolute Gasteiger partial charge is 0.357 e. The lowest BCUT2D eigenvalue weighted by molar-refractivity contribution is 0.263. The first-order valence-electron chi connectivity index (χ1n) is 8.05. The number of nitrogens with zero attached hydrogens (tertiary/aromatic N) is 3. The minimum Gasteiger partial charge on any atom is -0.357 e. The monoisotopic (exact) mass is 296 g/mol. The van der Waals surface area contributed by atoms with Crippen molar-refractivity contribution in [3.8, 4) is 11.3 Å². The lowest BCUT2D eigenvalue weighted by Crippen LogP contribution is -2.23. The summed E-state index contributed by atoms with van der Waals surface area (Å²) in [7, 11) is 1.85. The molecule has 116 valence electrons. The molecule has 1 aromatic heterocycles. The van der Waals surface area contributed by atoms with Crippen LogP contribution >= 0.6 is 0 Å². The Hall–Kier alpha value is -1.94. The molecule has 1 N–H and O–H groups in total. The summed E-state index contributed by atoms with van der Waals surface area (Å²) >= 11 is 0. The van der Waals surface area contributed by atoms with Gasteiger partial charge >= 0.3 is 0 Å². The molecular weight excluding hydrogens is 272 g/mol. The van der Waals surface area contributed by atoms with Crippen LogP contribution in [0.5, 0.6) is 0 Å². The average Bonchev–Trinajstić information content (AvgIpc) is 3.08. The molecule has 1 aliphatic heterocycles. The summed E-state index contributed by atoms with van der Waals surface area (Å²) in [5.74, 6) is 0.674. The zero-order valence-corrected chi connectivity index (χ0v) is 13.6. The lowest BCUT2D eigenvalue weighted by Gasteiger charge is -2.24. The highest BCUT2D eigenvalue weighted by Gasteiger charge is 2.19. The van der Waals surface area contributed by atoms with E-state index >= 15 is 0 Å². The van der Waals surface area contributed by atoms with E-state index in [1.807, 2.05) is 20.0 Å². The van der Waals surface area contributed by atoms with Crippen LogP contribution in [0.2, 0.25) is 0 Å². The van der Waals surface area contributed by atoms with Gasteiger partial charge in [0.15, 0.2) is 0 Å². The third-order valence-electron chi connectivity index (χ3n) is 4.43. The number of nitrogens with one attached hydrogen (secondary N) is 1. The van der Waals surface area contributed by atoms with Crippen molar-refractivity contribution in [3.05, 3.63) is 41.6 Å². The number of anilines is 1.